The van der Waals surface area contributed by atoms with Crippen LogP contribution in [0.15, 0.2) is 70.6 Å². The molecular weight excluding hydrogens is 380 g/mol. The van der Waals surface area contributed by atoms with Gasteiger partial charge >= 0.3 is 0 Å². The topological polar surface area (TPSA) is 103 Å². The maximum Gasteiger partial charge on any atom is 0.263 e. The van der Waals surface area contributed by atoms with Crippen LogP contribution in [0.5, 0.6) is 11.6 Å². The Balaban J connectivity index is 1.74. The zero-order valence-corrected chi connectivity index (χ0v) is 16.1. The van der Waals surface area contributed by atoms with E-state index < -0.39 is 10.0 Å². The van der Waals surface area contributed by atoms with Gasteiger partial charge in [-0.2, -0.15) is 0 Å². The van der Waals surface area contributed by atoms with Gasteiger partial charge < -0.3 is 9.47 Å². The number of benzene rings is 2. The molecule has 0 amide bonds. The summed E-state index contributed by atoms with van der Waals surface area (Å²) in [4.78, 5) is 4.44. The molecular formula is C19H18N4O4S. The number of sulfonamides is 1. The van der Waals surface area contributed by atoms with Gasteiger partial charge in [-0.25, -0.2) is 8.42 Å². The second-order valence-corrected chi connectivity index (χ2v) is 7.24. The van der Waals surface area contributed by atoms with Crippen molar-refractivity contribution in [2.24, 2.45) is 4.99 Å². The van der Waals surface area contributed by atoms with Crippen LogP contribution in [0.1, 0.15) is 5.56 Å². The minimum atomic E-state index is -3.79. The third-order valence-corrected chi connectivity index (χ3v) is 5.10. The fraction of sp³-hybridized carbons (Fsp3) is 0.105. The number of nitrogens with one attached hydrogen (secondary N) is 1. The maximum absolute atomic E-state index is 12.5. The molecule has 0 atom stereocenters. The highest BCUT2D eigenvalue weighted by Gasteiger charge is 2.15. The summed E-state index contributed by atoms with van der Waals surface area (Å²) in [6.45, 7) is 0. The lowest BCUT2D eigenvalue weighted by Gasteiger charge is -2.07. The Morgan fingerprint density at radius 3 is 2.32 bits per heavy atom. The highest BCUT2D eigenvalue weighted by Crippen LogP contribution is 2.20. The molecule has 1 aromatic heterocycles. The van der Waals surface area contributed by atoms with Crippen molar-refractivity contribution >= 4 is 27.7 Å². The van der Waals surface area contributed by atoms with E-state index in [0.717, 1.165) is 5.56 Å². The molecule has 0 spiro atoms. The monoisotopic (exact) mass is 398 g/mol. The molecule has 9 heteroatoms. The lowest BCUT2D eigenvalue weighted by atomic mass is 10.2. The van der Waals surface area contributed by atoms with Crippen molar-refractivity contribution in [3.63, 3.8) is 0 Å². The van der Waals surface area contributed by atoms with E-state index in [1.165, 1.54) is 31.4 Å². The third kappa shape index (κ3) is 4.63. The van der Waals surface area contributed by atoms with Gasteiger partial charge in [0.05, 0.1) is 24.8 Å². The van der Waals surface area contributed by atoms with E-state index in [9.17, 15) is 8.42 Å². The van der Waals surface area contributed by atoms with Crippen molar-refractivity contribution in [3.8, 4) is 11.6 Å². The number of methoxy groups -OCH3 is 2. The van der Waals surface area contributed by atoms with Crippen LogP contribution >= 0.6 is 0 Å². The van der Waals surface area contributed by atoms with Gasteiger partial charge in [0.2, 0.25) is 5.88 Å². The van der Waals surface area contributed by atoms with Crippen molar-refractivity contribution in [1.82, 2.24) is 10.2 Å². The average molecular weight is 398 g/mol. The number of nitrogens with zero attached hydrogens (tertiary/aromatic N) is 3. The second kappa shape index (κ2) is 8.49. The molecule has 0 aliphatic rings. The molecule has 1 N–H and O–H groups in total. The lowest BCUT2D eigenvalue weighted by Crippen LogP contribution is -2.14. The number of hydrogen-bond acceptors (Lipinski definition) is 7. The molecule has 0 aliphatic heterocycles. The van der Waals surface area contributed by atoms with Crippen LogP contribution in [-0.2, 0) is 10.0 Å². The number of ether oxygens (including phenoxy) is 2. The highest BCUT2D eigenvalue weighted by molar-refractivity contribution is 7.92. The standard InChI is InChI=1S/C19H18N4O4S/c1-26-17-6-4-3-5-14(17)13-20-15-7-9-16(10-8-15)28(24,25)23-18-11-12-19(27-2)22-21-18/h3-13H,1-2H3,(H,21,23). The molecule has 0 radical (unpaired) electrons. The van der Waals surface area contributed by atoms with E-state index in [0.29, 0.717) is 17.3 Å². The summed E-state index contributed by atoms with van der Waals surface area (Å²) in [6, 6.07) is 16.6. The molecule has 0 saturated heterocycles. The van der Waals surface area contributed by atoms with Crippen LogP contribution in [0.25, 0.3) is 0 Å². The number of hydrogen-bond donors (Lipinski definition) is 1. The molecule has 0 bridgehead atoms. The van der Waals surface area contributed by atoms with Crippen LogP contribution in [0.2, 0.25) is 0 Å². The Kier molecular flexibility index (Phi) is 5.85. The molecule has 2 aromatic carbocycles. The van der Waals surface area contributed by atoms with Gasteiger partial charge in [0.15, 0.2) is 5.82 Å². The summed E-state index contributed by atoms with van der Waals surface area (Å²) < 4.78 is 37.5. The number of aliphatic imine (C=N–C) groups is 1. The molecule has 0 aliphatic carbocycles. The van der Waals surface area contributed by atoms with Gasteiger partial charge in [0.1, 0.15) is 5.75 Å². The minimum Gasteiger partial charge on any atom is -0.496 e. The summed E-state index contributed by atoms with van der Waals surface area (Å²) in [6.07, 6.45) is 1.66. The van der Waals surface area contributed by atoms with Gasteiger partial charge in [0, 0.05) is 17.8 Å². The van der Waals surface area contributed by atoms with E-state index in [1.54, 1.807) is 25.5 Å². The first-order valence-corrected chi connectivity index (χ1v) is 9.68. The van der Waals surface area contributed by atoms with Crippen molar-refractivity contribution in [1.29, 1.82) is 0 Å². The Hall–Kier alpha value is -3.46. The summed E-state index contributed by atoms with van der Waals surface area (Å²) in [7, 11) is -0.753. The number of para-hydroxylation sites is 1. The van der Waals surface area contributed by atoms with E-state index in [4.69, 9.17) is 9.47 Å². The molecule has 0 fully saturated rings. The zero-order valence-electron chi connectivity index (χ0n) is 15.2. The van der Waals surface area contributed by atoms with Crippen LogP contribution in [0, 0.1) is 0 Å². The Labute approximate surface area is 162 Å². The van der Waals surface area contributed by atoms with E-state index in [2.05, 4.69) is 19.9 Å². The largest absolute Gasteiger partial charge is 0.496 e. The predicted octanol–water partition coefficient (Wildman–Crippen LogP) is 3.05. The molecule has 1 heterocycles. The van der Waals surface area contributed by atoms with E-state index in [-0.39, 0.29) is 10.7 Å². The number of aromatic nitrogens is 2. The lowest BCUT2D eigenvalue weighted by molar-refractivity contribution is 0.392. The van der Waals surface area contributed by atoms with Gasteiger partial charge in [-0.05, 0) is 42.5 Å². The van der Waals surface area contributed by atoms with E-state index in [1.807, 2.05) is 24.3 Å². The van der Waals surface area contributed by atoms with Gasteiger partial charge in [-0.1, -0.05) is 12.1 Å². The van der Waals surface area contributed by atoms with Gasteiger partial charge in [-0.3, -0.25) is 9.71 Å². The fourth-order valence-electron chi connectivity index (χ4n) is 2.31. The quantitative estimate of drug-likeness (QED) is 0.614. The average Bonchev–Trinajstić information content (AvgIpc) is 2.73. The summed E-state index contributed by atoms with van der Waals surface area (Å²) in [5.74, 6) is 1.09. The fourth-order valence-corrected chi connectivity index (χ4v) is 3.30. The SMILES string of the molecule is COc1ccc(NS(=O)(=O)c2ccc(N=Cc3ccccc3OC)cc2)nn1. The van der Waals surface area contributed by atoms with Crippen LogP contribution in [0.3, 0.4) is 0 Å². The molecule has 0 unspecified atom stereocenters. The van der Waals surface area contributed by atoms with Crippen molar-refractivity contribution in [3.05, 3.63) is 66.2 Å². The molecule has 3 rings (SSSR count). The number of rotatable bonds is 7. The first kappa shape index (κ1) is 19.3. The predicted molar refractivity (Wildman–Crippen MR) is 106 cm³/mol. The smallest absolute Gasteiger partial charge is 0.263 e. The van der Waals surface area contributed by atoms with Crippen LogP contribution in [-0.4, -0.2) is 39.0 Å². The van der Waals surface area contributed by atoms with Crippen molar-refractivity contribution in [2.75, 3.05) is 18.9 Å². The van der Waals surface area contributed by atoms with Crippen molar-refractivity contribution < 1.29 is 17.9 Å². The summed E-state index contributed by atoms with van der Waals surface area (Å²) >= 11 is 0. The zero-order chi connectivity index (χ0) is 20.0. The number of anilines is 1. The van der Waals surface area contributed by atoms with Crippen LogP contribution < -0.4 is 14.2 Å². The van der Waals surface area contributed by atoms with Gasteiger partial charge in [-0.15, -0.1) is 10.2 Å². The summed E-state index contributed by atoms with van der Waals surface area (Å²) in [5.41, 5.74) is 1.43. The summed E-state index contributed by atoms with van der Waals surface area (Å²) in [5, 5.41) is 7.48. The first-order chi connectivity index (χ1) is 13.5. The Bertz CT molecular complexity index is 1070. The minimum absolute atomic E-state index is 0.0846. The van der Waals surface area contributed by atoms with E-state index >= 15 is 0 Å². The van der Waals surface area contributed by atoms with Gasteiger partial charge in [0.25, 0.3) is 10.0 Å². The van der Waals surface area contributed by atoms with Crippen LogP contribution in [0.4, 0.5) is 11.5 Å². The Morgan fingerprint density at radius 2 is 1.68 bits per heavy atom. The molecule has 144 valence electrons. The highest BCUT2D eigenvalue weighted by atomic mass is 32.2. The first-order valence-electron chi connectivity index (χ1n) is 8.19. The molecule has 3 aromatic rings. The molecule has 28 heavy (non-hydrogen) atoms. The molecule has 0 saturated carbocycles. The third-order valence-electron chi connectivity index (χ3n) is 3.73. The maximum atomic E-state index is 12.5. The second-order valence-electron chi connectivity index (χ2n) is 5.56. The Morgan fingerprint density at radius 1 is 0.929 bits per heavy atom. The van der Waals surface area contributed by atoms with Crippen molar-refractivity contribution in [2.45, 2.75) is 4.90 Å². The molecule has 8 nitrogen and oxygen atoms in total. The normalized spacial score (nSPS) is 11.4.